The van der Waals surface area contributed by atoms with Crippen molar-refractivity contribution in [1.29, 1.82) is 0 Å². The fraction of sp³-hybridized carbons (Fsp3) is 0.636. The van der Waals surface area contributed by atoms with Crippen LogP contribution >= 0.6 is 11.8 Å². The van der Waals surface area contributed by atoms with Gasteiger partial charge in [-0.05, 0) is 33.3 Å². The predicted molar refractivity (Wildman–Crippen MR) is 66.2 cm³/mol. The molecule has 3 nitrogen and oxygen atoms in total. The van der Waals surface area contributed by atoms with Gasteiger partial charge in [0.2, 0.25) is 0 Å². The lowest BCUT2D eigenvalue weighted by molar-refractivity contribution is 0.437. The molecule has 1 aromatic rings. The minimum absolute atomic E-state index is 0.808. The van der Waals surface area contributed by atoms with Crippen LogP contribution in [0, 0.1) is 0 Å². The average Bonchev–Trinajstić information content (AvgIpc) is 2.61. The van der Waals surface area contributed by atoms with Crippen molar-refractivity contribution in [3.63, 3.8) is 0 Å². The molecule has 0 bridgehead atoms. The number of nitrogens with zero attached hydrogens (tertiary/aromatic N) is 1. The molecule has 86 valence electrons. The molecule has 1 N–H and O–H groups in total. The molecule has 0 spiro atoms. The van der Waals surface area contributed by atoms with Gasteiger partial charge in [0.15, 0.2) is 0 Å². The Labute approximate surface area is 96.2 Å². The molecular weight excluding hydrogens is 208 g/mol. The Hall–Kier alpha value is -0.450. The maximum absolute atomic E-state index is 5.63. The van der Waals surface area contributed by atoms with Gasteiger partial charge in [-0.3, -0.25) is 0 Å². The molecule has 0 unspecified atom stereocenters. The van der Waals surface area contributed by atoms with Gasteiger partial charge < -0.3 is 14.6 Å². The van der Waals surface area contributed by atoms with Crippen LogP contribution in [0.25, 0.3) is 0 Å². The highest BCUT2D eigenvalue weighted by Gasteiger charge is 2.01. The summed E-state index contributed by atoms with van der Waals surface area (Å²) in [4.78, 5) is 2.20. The fourth-order valence-corrected chi connectivity index (χ4v) is 2.18. The van der Waals surface area contributed by atoms with Gasteiger partial charge in [0.25, 0.3) is 0 Å². The number of hydrogen-bond acceptors (Lipinski definition) is 4. The Morgan fingerprint density at radius 1 is 1.33 bits per heavy atom. The van der Waals surface area contributed by atoms with Crippen LogP contribution in [-0.4, -0.2) is 38.3 Å². The molecule has 1 rings (SSSR count). The van der Waals surface area contributed by atoms with Crippen molar-refractivity contribution in [1.82, 2.24) is 10.2 Å². The van der Waals surface area contributed by atoms with E-state index in [4.69, 9.17) is 4.42 Å². The fourth-order valence-electron chi connectivity index (χ4n) is 1.19. The first-order chi connectivity index (χ1) is 7.22. The van der Waals surface area contributed by atoms with E-state index in [0.29, 0.717) is 0 Å². The van der Waals surface area contributed by atoms with Crippen LogP contribution in [0.3, 0.4) is 0 Å². The molecule has 1 heterocycles. The predicted octanol–water partition coefficient (Wildman–Crippen LogP) is 1.79. The summed E-state index contributed by atoms with van der Waals surface area (Å²) in [6, 6.07) is 4.10. The highest BCUT2D eigenvalue weighted by molar-refractivity contribution is 7.98. The van der Waals surface area contributed by atoms with E-state index >= 15 is 0 Å². The first-order valence-corrected chi connectivity index (χ1v) is 6.32. The Morgan fingerprint density at radius 3 is 2.73 bits per heavy atom. The van der Waals surface area contributed by atoms with Crippen LogP contribution in [0.4, 0.5) is 0 Å². The van der Waals surface area contributed by atoms with Crippen molar-refractivity contribution in [3.8, 4) is 0 Å². The third kappa shape index (κ3) is 5.25. The van der Waals surface area contributed by atoms with Crippen molar-refractivity contribution in [2.24, 2.45) is 0 Å². The molecule has 0 atom stereocenters. The van der Waals surface area contributed by atoms with E-state index in [1.165, 1.54) is 0 Å². The number of nitrogens with one attached hydrogen (secondary N) is 1. The van der Waals surface area contributed by atoms with Gasteiger partial charge in [0.05, 0.1) is 12.3 Å². The van der Waals surface area contributed by atoms with Gasteiger partial charge >= 0.3 is 0 Å². The standard InChI is InChI=1S/C11H20N2OS/c1-12-8-10-4-5-11(14-10)9-15-7-6-13(2)3/h4-5,12H,6-9H2,1-3H3. The lowest BCUT2D eigenvalue weighted by Crippen LogP contribution is -2.14. The second-order valence-corrected chi connectivity index (χ2v) is 4.86. The third-order valence-corrected chi connectivity index (χ3v) is 2.96. The molecule has 0 radical (unpaired) electrons. The van der Waals surface area contributed by atoms with Gasteiger partial charge in [-0.1, -0.05) is 0 Å². The van der Waals surface area contributed by atoms with Crippen LogP contribution in [-0.2, 0) is 12.3 Å². The lowest BCUT2D eigenvalue weighted by Gasteiger charge is -2.07. The topological polar surface area (TPSA) is 28.4 Å². The van der Waals surface area contributed by atoms with Gasteiger partial charge in [-0.15, -0.1) is 0 Å². The Bertz CT molecular complexity index is 273. The second kappa shape index (κ2) is 6.93. The summed E-state index contributed by atoms with van der Waals surface area (Å²) in [5, 5.41) is 3.07. The smallest absolute Gasteiger partial charge is 0.117 e. The first kappa shape index (κ1) is 12.6. The van der Waals surface area contributed by atoms with E-state index in [9.17, 15) is 0 Å². The summed E-state index contributed by atoms with van der Waals surface area (Å²) in [6.45, 7) is 1.93. The van der Waals surface area contributed by atoms with Crippen molar-refractivity contribution >= 4 is 11.8 Å². The van der Waals surface area contributed by atoms with Crippen molar-refractivity contribution in [3.05, 3.63) is 23.7 Å². The van der Waals surface area contributed by atoms with Crippen molar-refractivity contribution < 1.29 is 4.42 Å². The Kier molecular flexibility index (Phi) is 5.83. The van der Waals surface area contributed by atoms with E-state index in [-0.39, 0.29) is 0 Å². The number of furan rings is 1. The van der Waals surface area contributed by atoms with Crippen LogP contribution in [0.2, 0.25) is 0 Å². The van der Waals surface area contributed by atoms with E-state index in [1.54, 1.807) is 0 Å². The second-order valence-electron chi connectivity index (χ2n) is 3.75. The molecular formula is C11H20N2OS. The zero-order chi connectivity index (χ0) is 11.1. The molecule has 0 fully saturated rings. The minimum Gasteiger partial charge on any atom is -0.464 e. The summed E-state index contributed by atoms with van der Waals surface area (Å²) in [7, 11) is 6.12. The molecule has 0 aliphatic rings. The number of thioether (sulfide) groups is 1. The molecule has 0 saturated carbocycles. The van der Waals surface area contributed by atoms with Crippen molar-refractivity contribution in [2.45, 2.75) is 12.3 Å². The quantitative estimate of drug-likeness (QED) is 0.720. The average molecular weight is 228 g/mol. The summed E-state index contributed by atoms with van der Waals surface area (Å²) in [5.41, 5.74) is 0. The van der Waals surface area contributed by atoms with Gasteiger partial charge in [-0.25, -0.2) is 0 Å². The summed E-state index contributed by atoms with van der Waals surface area (Å²) < 4.78 is 5.63. The van der Waals surface area contributed by atoms with Gasteiger partial charge in [-0.2, -0.15) is 11.8 Å². The molecule has 0 saturated heterocycles. The highest BCUT2D eigenvalue weighted by atomic mass is 32.2. The Morgan fingerprint density at radius 2 is 2.07 bits per heavy atom. The largest absolute Gasteiger partial charge is 0.464 e. The molecule has 0 amide bonds. The highest BCUT2D eigenvalue weighted by Crippen LogP contribution is 2.15. The molecule has 0 aliphatic carbocycles. The SMILES string of the molecule is CNCc1ccc(CSCCN(C)C)o1. The van der Waals surface area contributed by atoms with Gasteiger partial charge in [0, 0.05) is 12.3 Å². The van der Waals surface area contributed by atoms with Crippen LogP contribution in [0.15, 0.2) is 16.5 Å². The van der Waals surface area contributed by atoms with E-state index in [1.807, 2.05) is 24.9 Å². The van der Waals surface area contributed by atoms with Gasteiger partial charge in [0.1, 0.15) is 11.5 Å². The maximum Gasteiger partial charge on any atom is 0.117 e. The van der Waals surface area contributed by atoms with Crippen LogP contribution in [0.1, 0.15) is 11.5 Å². The van der Waals surface area contributed by atoms with Crippen LogP contribution in [0.5, 0.6) is 0 Å². The summed E-state index contributed by atoms with van der Waals surface area (Å²) in [5.74, 6) is 4.21. The monoisotopic (exact) mass is 228 g/mol. The lowest BCUT2D eigenvalue weighted by atomic mass is 10.4. The molecule has 1 aromatic heterocycles. The summed E-state index contributed by atoms with van der Waals surface area (Å²) in [6.07, 6.45) is 0. The molecule has 0 aromatic carbocycles. The van der Waals surface area contributed by atoms with E-state index < -0.39 is 0 Å². The zero-order valence-corrected chi connectivity index (χ0v) is 10.6. The van der Waals surface area contributed by atoms with Crippen LogP contribution < -0.4 is 5.32 Å². The normalized spacial score (nSPS) is 11.2. The maximum atomic E-state index is 5.63. The number of hydrogen-bond donors (Lipinski definition) is 1. The molecule has 15 heavy (non-hydrogen) atoms. The van der Waals surface area contributed by atoms with Crippen molar-refractivity contribution in [2.75, 3.05) is 33.4 Å². The molecule has 4 heteroatoms. The molecule has 0 aliphatic heterocycles. The van der Waals surface area contributed by atoms with E-state index in [0.717, 1.165) is 36.1 Å². The minimum atomic E-state index is 0.808. The first-order valence-electron chi connectivity index (χ1n) is 5.17. The summed E-state index contributed by atoms with van der Waals surface area (Å²) >= 11 is 1.91. The third-order valence-electron chi connectivity index (χ3n) is 2.00. The van der Waals surface area contributed by atoms with E-state index in [2.05, 4.69) is 30.4 Å². The number of rotatable bonds is 7. The zero-order valence-electron chi connectivity index (χ0n) is 9.75. The Balaban J connectivity index is 2.19.